The van der Waals surface area contributed by atoms with E-state index in [1.54, 1.807) is 0 Å². The number of rotatable bonds is 7. The highest BCUT2D eigenvalue weighted by Crippen LogP contribution is 2.05. The molecule has 104 valence electrons. The quantitative estimate of drug-likeness (QED) is 0.619. The van der Waals surface area contributed by atoms with Crippen molar-refractivity contribution in [3.63, 3.8) is 0 Å². The van der Waals surface area contributed by atoms with Crippen LogP contribution in [0.3, 0.4) is 0 Å². The Kier molecular flexibility index (Phi) is 5.65. The van der Waals surface area contributed by atoms with Gasteiger partial charge in [-0.05, 0) is 30.5 Å². The predicted octanol–water partition coefficient (Wildman–Crippen LogP) is 3.27. The Labute approximate surface area is 119 Å². The van der Waals surface area contributed by atoms with Crippen LogP contribution in [0.25, 0.3) is 0 Å². The van der Waals surface area contributed by atoms with Crippen molar-refractivity contribution >= 4 is 11.7 Å². The van der Waals surface area contributed by atoms with Crippen molar-refractivity contribution < 1.29 is 9.53 Å². The van der Waals surface area contributed by atoms with Crippen LogP contribution in [0.15, 0.2) is 60.7 Å². The van der Waals surface area contributed by atoms with Crippen molar-refractivity contribution in [2.75, 3.05) is 18.5 Å². The van der Waals surface area contributed by atoms with Crippen molar-refractivity contribution in [2.45, 2.75) is 12.8 Å². The molecule has 2 aromatic carbocycles. The number of anilines is 1. The molecular weight excluding hydrogens is 250 g/mol. The average molecular weight is 269 g/mol. The van der Waals surface area contributed by atoms with E-state index in [0.717, 1.165) is 18.5 Å². The SMILES string of the molecule is O=C(CNc1ccccc1)OCCCc1ccccc1. The van der Waals surface area contributed by atoms with E-state index in [0.29, 0.717) is 6.61 Å². The maximum absolute atomic E-state index is 11.5. The third-order valence-electron chi connectivity index (χ3n) is 2.93. The second kappa shape index (κ2) is 8.00. The molecular formula is C17H19NO2. The van der Waals surface area contributed by atoms with Crippen LogP contribution < -0.4 is 5.32 Å². The zero-order valence-electron chi connectivity index (χ0n) is 11.4. The Morgan fingerprint density at radius 1 is 0.950 bits per heavy atom. The molecule has 0 atom stereocenters. The summed E-state index contributed by atoms with van der Waals surface area (Å²) in [6.07, 6.45) is 1.78. The van der Waals surface area contributed by atoms with E-state index in [1.165, 1.54) is 5.56 Å². The predicted molar refractivity (Wildman–Crippen MR) is 80.7 cm³/mol. The number of hydrogen-bond acceptors (Lipinski definition) is 3. The molecule has 0 fully saturated rings. The van der Waals surface area contributed by atoms with Crippen LogP contribution in [0.1, 0.15) is 12.0 Å². The third kappa shape index (κ3) is 5.14. The molecule has 3 nitrogen and oxygen atoms in total. The van der Waals surface area contributed by atoms with Crippen molar-refractivity contribution in [3.8, 4) is 0 Å². The first kappa shape index (κ1) is 14.1. The van der Waals surface area contributed by atoms with Gasteiger partial charge in [-0.1, -0.05) is 48.5 Å². The number of hydrogen-bond donors (Lipinski definition) is 1. The topological polar surface area (TPSA) is 38.3 Å². The molecule has 0 radical (unpaired) electrons. The van der Waals surface area contributed by atoms with Gasteiger partial charge in [0.15, 0.2) is 0 Å². The molecule has 0 saturated heterocycles. The Bertz CT molecular complexity index is 511. The number of carbonyl (C=O) groups is 1. The lowest BCUT2D eigenvalue weighted by molar-refractivity contribution is -0.141. The lowest BCUT2D eigenvalue weighted by Gasteiger charge is -2.07. The highest BCUT2D eigenvalue weighted by molar-refractivity contribution is 5.74. The lowest BCUT2D eigenvalue weighted by atomic mass is 10.1. The van der Waals surface area contributed by atoms with E-state index < -0.39 is 0 Å². The zero-order valence-corrected chi connectivity index (χ0v) is 11.4. The molecule has 0 heterocycles. The van der Waals surface area contributed by atoms with Gasteiger partial charge in [-0.3, -0.25) is 4.79 Å². The van der Waals surface area contributed by atoms with Crippen LogP contribution in [-0.4, -0.2) is 19.1 Å². The average Bonchev–Trinajstić information content (AvgIpc) is 2.52. The van der Waals surface area contributed by atoms with Crippen molar-refractivity contribution in [1.29, 1.82) is 0 Å². The number of benzene rings is 2. The maximum Gasteiger partial charge on any atom is 0.325 e. The number of carbonyl (C=O) groups excluding carboxylic acids is 1. The third-order valence-corrected chi connectivity index (χ3v) is 2.93. The number of para-hydroxylation sites is 1. The summed E-state index contributed by atoms with van der Waals surface area (Å²) in [6, 6.07) is 19.8. The summed E-state index contributed by atoms with van der Waals surface area (Å²) in [7, 11) is 0. The van der Waals surface area contributed by atoms with Crippen molar-refractivity contribution in [2.24, 2.45) is 0 Å². The van der Waals surface area contributed by atoms with E-state index >= 15 is 0 Å². The molecule has 0 aromatic heterocycles. The Morgan fingerprint density at radius 2 is 1.60 bits per heavy atom. The van der Waals surface area contributed by atoms with Crippen LogP contribution in [0.4, 0.5) is 5.69 Å². The smallest absolute Gasteiger partial charge is 0.325 e. The van der Waals surface area contributed by atoms with Gasteiger partial charge in [0.2, 0.25) is 0 Å². The number of ether oxygens (including phenoxy) is 1. The summed E-state index contributed by atoms with van der Waals surface area (Å²) in [5.74, 6) is -0.220. The first-order valence-electron chi connectivity index (χ1n) is 6.83. The number of esters is 1. The molecule has 0 aliphatic rings. The second-order valence-corrected chi connectivity index (χ2v) is 4.53. The molecule has 2 rings (SSSR count). The monoisotopic (exact) mass is 269 g/mol. The fourth-order valence-corrected chi connectivity index (χ4v) is 1.89. The first-order chi connectivity index (χ1) is 9.84. The molecule has 2 aromatic rings. The molecule has 0 bridgehead atoms. The minimum Gasteiger partial charge on any atom is -0.464 e. The number of aryl methyl sites for hydroxylation is 1. The van der Waals surface area contributed by atoms with E-state index in [2.05, 4.69) is 17.4 Å². The van der Waals surface area contributed by atoms with Gasteiger partial charge in [0.05, 0.1) is 6.61 Å². The minimum atomic E-state index is -0.220. The maximum atomic E-state index is 11.5. The van der Waals surface area contributed by atoms with Crippen molar-refractivity contribution in [1.82, 2.24) is 0 Å². The van der Waals surface area contributed by atoms with Gasteiger partial charge in [-0.25, -0.2) is 0 Å². The Balaban J connectivity index is 1.59. The van der Waals surface area contributed by atoms with Gasteiger partial charge in [0.25, 0.3) is 0 Å². The first-order valence-corrected chi connectivity index (χ1v) is 6.83. The summed E-state index contributed by atoms with van der Waals surface area (Å²) in [4.78, 5) is 11.5. The van der Waals surface area contributed by atoms with Gasteiger partial charge < -0.3 is 10.1 Å². The Morgan fingerprint density at radius 3 is 2.30 bits per heavy atom. The van der Waals surface area contributed by atoms with Crippen molar-refractivity contribution in [3.05, 3.63) is 66.2 Å². The summed E-state index contributed by atoms with van der Waals surface area (Å²) in [6.45, 7) is 0.666. The van der Waals surface area contributed by atoms with Gasteiger partial charge in [0, 0.05) is 5.69 Å². The second-order valence-electron chi connectivity index (χ2n) is 4.53. The highest BCUT2D eigenvalue weighted by atomic mass is 16.5. The van der Waals surface area contributed by atoms with E-state index in [-0.39, 0.29) is 12.5 Å². The van der Waals surface area contributed by atoms with Crippen LogP contribution in [-0.2, 0) is 16.0 Å². The van der Waals surface area contributed by atoms with Crippen LogP contribution in [0, 0.1) is 0 Å². The number of nitrogens with one attached hydrogen (secondary N) is 1. The molecule has 3 heteroatoms. The summed E-state index contributed by atoms with van der Waals surface area (Å²) < 4.78 is 5.18. The van der Waals surface area contributed by atoms with E-state index in [9.17, 15) is 4.79 Å². The van der Waals surface area contributed by atoms with Crippen LogP contribution >= 0.6 is 0 Å². The molecule has 0 aliphatic carbocycles. The fraction of sp³-hybridized carbons (Fsp3) is 0.235. The van der Waals surface area contributed by atoms with Gasteiger partial charge in [-0.2, -0.15) is 0 Å². The minimum absolute atomic E-state index is 0.204. The lowest BCUT2D eigenvalue weighted by Crippen LogP contribution is -2.17. The molecule has 0 aliphatic heterocycles. The van der Waals surface area contributed by atoms with Crippen LogP contribution in [0.2, 0.25) is 0 Å². The largest absolute Gasteiger partial charge is 0.464 e. The fourth-order valence-electron chi connectivity index (χ4n) is 1.89. The molecule has 1 N–H and O–H groups in total. The highest BCUT2D eigenvalue weighted by Gasteiger charge is 2.02. The van der Waals surface area contributed by atoms with E-state index in [1.807, 2.05) is 48.5 Å². The molecule has 20 heavy (non-hydrogen) atoms. The van der Waals surface area contributed by atoms with Crippen LogP contribution in [0.5, 0.6) is 0 Å². The summed E-state index contributed by atoms with van der Waals surface area (Å²) in [5, 5.41) is 3.03. The van der Waals surface area contributed by atoms with Gasteiger partial charge in [0.1, 0.15) is 6.54 Å². The van der Waals surface area contributed by atoms with E-state index in [4.69, 9.17) is 4.74 Å². The molecule has 0 amide bonds. The molecule has 0 spiro atoms. The molecule has 0 unspecified atom stereocenters. The summed E-state index contributed by atoms with van der Waals surface area (Å²) in [5.41, 5.74) is 2.19. The van der Waals surface area contributed by atoms with Gasteiger partial charge in [-0.15, -0.1) is 0 Å². The van der Waals surface area contributed by atoms with Gasteiger partial charge >= 0.3 is 5.97 Å². The standard InChI is InChI=1S/C17H19NO2/c19-17(14-18-16-11-5-2-6-12-16)20-13-7-10-15-8-3-1-4-9-15/h1-6,8-9,11-12,18H,7,10,13-14H2. The Hall–Kier alpha value is -2.29. The normalized spacial score (nSPS) is 10.0. The zero-order chi connectivity index (χ0) is 14.0. The summed E-state index contributed by atoms with van der Waals surface area (Å²) >= 11 is 0. The molecule has 0 saturated carbocycles.